The molecular formula is C13H19BrN2O2S3. The molecule has 2 aliphatic rings. The van der Waals surface area contributed by atoms with E-state index in [1.807, 2.05) is 17.8 Å². The molecule has 1 saturated heterocycles. The van der Waals surface area contributed by atoms with Crippen LogP contribution < -0.4 is 5.32 Å². The van der Waals surface area contributed by atoms with Crippen LogP contribution in [0.25, 0.3) is 0 Å². The van der Waals surface area contributed by atoms with Crippen molar-refractivity contribution >= 4 is 49.1 Å². The molecule has 0 aromatic carbocycles. The first kappa shape index (κ1) is 16.3. The van der Waals surface area contributed by atoms with Crippen molar-refractivity contribution in [2.24, 2.45) is 0 Å². The van der Waals surface area contributed by atoms with Crippen LogP contribution in [0.5, 0.6) is 0 Å². The monoisotopic (exact) mass is 410 g/mol. The Morgan fingerprint density at radius 1 is 1.43 bits per heavy atom. The van der Waals surface area contributed by atoms with Gasteiger partial charge in [-0.25, -0.2) is 8.42 Å². The van der Waals surface area contributed by atoms with E-state index < -0.39 is 10.0 Å². The summed E-state index contributed by atoms with van der Waals surface area (Å²) in [6.45, 7) is 0.756. The van der Waals surface area contributed by atoms with Crippen molar-refractivity contribution in [2.45, 2.75) is 42.8 Å². The van der Waals surface area contributed by atoms with Crippen LogP contribution in [0.15, 0.2) is 14.7 Å². The first-order chi connectivity index (χ1) is 9.98. The Bertz CT molecular complexity index is 607. The maximum atomic E-state index is 12.8. The summed E-state index contributed by atoms with van der Waals surface area (Å²) in [4.78, 5) is 1.49. The quantitative estimate of drug-likeness (QED) is 0.782. The summed E-state index contributed by atoms with van der Waals surface area (Å²) >= 11 is 6.77. The molecule has 8 heteroatoms. The van der Waals surface area contributed by atoms with Gasteiger partial charge in [0.15, 0.2) is 0 Å². The Balaban J connectivity index is 1.76. The fraction of sp³-hybridized carbons (Fsp3) is 0.692. The number of nitrogens with one attached hydrogen (secondary N) is 1. The summed E-state index contributed by atoms with van der Waals surface area (Å²) in [5.41, 5.74) is 0. The molecule has 0 spiro atoms. The van der Waals surface area contributed by atoms with E-state index in [-0.39, 0.29) is 6.04 Å². The molecule has 0 bridgehead atoms. The van der Waals surface area contributed by atoms with Crippen molar-refractivity contribution in [3.8, 4) is 0 Å². The SMILES string of the molecule is CN(C1CCSC1)S(=O)(=O)c1cc(CNC2CC2)sc1Br. The predicted octanol–water partition coefficient (Wildman–Crippen LogP) is 2.89. The van der Waals surface area contributed by atoms with Crippen LogP contribution >= 0.6 is 39.0 Å². The van der Waals surface area contributed by atoms with Gasteiger partial charge in [0, 0.05) is 36.3 Å². The number of hydrogen-bond donors (Lipinski definition) is 1. The third-order valence-corrected chi connectivity index (χ3v) is 9.23. The lowest BCUT2D eigenvalue weighted by atomic mass is 10.3. The molecule has 1 saturated carbocycles. The lowest BCUT2D eigenvalue weighted by Crippen LogP contribution is -2.36. The lowest BCUT2D eigenvalue weighted by Gasteiger charge is -2.22. The van der Waals surface area contributed by atoms with Crippen molar-refractivity contribution in [3.63, 3.8) is 0 Å². The number of nitrogens with zero attached hydrogens (tertiary/aromatic N) is 1. The molecular weight excluding hydrogens is 392 g/mol. The third-order valence-electron chi connectivity index (χ3n) is 3.93. The van der Waals surface area contributed by atoms with Gasteiger partial charge in [0.1, 0.15) is 4.90 Å². The van der Waals surface area contributed by atoms with E-state index in [0.717, 1.165) is 29.3 Å². The Kier molecular flexibility index (Phi) is 5.03. The van der Waals surface area contributed by atoms with Crippen LogP contribution in [0.4, 0.5) is 0 Å². The van der Waals surface area contributed by atoms with Gasteiger partial charge in [-0.05, 0) is 47.0 Å². The van der Waals surface area contributed by atoms with Crippen molar-refractivity contribution in [2.75, 3.05) is 18.6 Å². The molecule has 21 heavy (non-hydrogen) atoms. The van der Waals surface area contributed by atoms with Gasteiger partial charge in [0.2, 0.25) is 10.0 Å². The number of hydrogen-bond acceptors (Lipinski definition) is 5. The maximum absolute atomic E-state index is 12.8. The zero-order chi connectivity index (χ0) is 15.0. The van der Waals surface area contributed by atoms with Crippen LogP contribution in [0.2, 0.25) is 0 Å². The third kappa shape index (κ3) is 3.67. The standard InChI is InChI=1S/C13H19BrN2O2S3/c1-16(10-4-5-19-8-10)21(17,18)12-6-11(20-13(12)14)7-15-9-2-3-9/h6,9-10,15H,2-5,7-8H2,1H3. The molecule has 2 fully saturated rings. The molecule has 1 aromatic heterocycles. The molecule has 4 nitrogen and oxygen atoms in total. The lowest BCUT2D eigenvalue weighted by molar-refractivity contribution is 0.394. The molecule has 3 rings (SSSR count). The fourth-order valence-corrected chi connectivity index (χ4v) is 7.68. The highest BCUT2D eigenvalue weighted by atomic mass is 79.9. The second-order valence-corrected chi connectivity index (χ2v) is 11.1. The number of halogens is 1. The minimum absolute atomic E-state index is 0.125. The molecule has 1 aliphatic carbocycles. The largest absolute Gasteiger partial charge is 0.309 e. The van der Waals surface area contributed by atoms with Crippen LogP contribution in [0.3, 0.4) is 0 Å². The van der Waals surface area contributed by atoms with Gasteiger partial charge >= 0.3 is 0 Å². The van der Waals surface area contributed by atoms with Crippen LogP contribution in [-0.4, -0.2) is 43.4 Å². The van der Waals surface area contributed by atoms with Crippen molar-refractivity contribution < 1.29 is 8.42 Å². The Morgan fingerprint density at radius 2 is 2.19 bits per heavy atom. The normalized spacial score (nSPS) is 23.1. The highest BCUT2D eigenvalue weighted by Crippen LogP contribution is 2.35. The Morgan fingerprint density at radius 3 is 2.81 bits per heavy atom. The summed E-state index contributed by atoms with van der Waals surface area (Å²) < 4.78 is 27.8. The Labute approximate surface area is 142 Å². The smallest absolute Gasteiger partial charge is 0.245 e. The predicted molar refractivity (Wildman–Crippen MR) is 92.6 cm³/mol. The van der Waals surface area contributed by atoms with E-state index in [4.69, 9.17) is 0 Å². The minimum atomic E-state index is -3.40. The van der Waals surface area contributed by atoms with E-state index in [1.165, 1.54) is 24.2 Å². The molecule has 1 N–H and O–H groups in total. The zero-order valence-electron chi connectivity index (χ0n) is 11.8. The average Bonchev–Trinajstić information content (AvgIpc) is 2.97. The summed E-state index contributed by atoms with van der Waals surface area (Å²) in [6.07, 6.45) is 3.41. The van der Waals surface area contributed by atoms with E-state index >= 15 is 0 Å². The zero-order valence-corrected chi connectivity index (χ0v) is 15.9. The van der Waals surface area contributed by atoms with Crippen LogP contribution in [0.1, 0.15) is 24.1 Å². The van der Waals surface area contributed by atoms with Crippen LogP contribution in [-0.2, 0) is 16.6 Å². The molecule has 118 valence electrons. The summed E-state index contributed by atoms with van der Waals surface area (Å²) in [5, 5.41) is 3.43. The summed E-state index contributed by atoms with van der Waals surface area (Å²) in [6, 6.07) is 2.57. The van der Waals surface area contributed by atoms with E-state index in [2.05, 4.69) is 21.2 Å². The molecule has 0 radical (unpaired) electrons. The van der Waals surface area contributed by atoms with Gasteiger partial charge in [-0.15, -0.1) is 11.3 Å². The molecule has 1 atom stereocenters. The first-order valence-electron chi connectivity index (χ1n) is 7.06. The van der Waals surface area contributed by atoms with E-state index in [1.54, 1.807) is 11.4 Å². The van der Waals surface area contributed by atoms with Crippen molar-refractivity contribution in [1.29, 1.82) is 0 Å². The molecule has 1 aliphatic heterocycles. The van der Waals surface area contributed by atoms with Gasteiger partial charge in [-0.2, -0.15) is 16.1 Å². The van der Waals surface area contributed by atoms with E-state index in [9.17, 15) is 8.42 Å². The maximum Gasteiger partial charge on any atom is 0.245 e. The van der Waals surface area contributed by atoms with Crippen molar-refractivity contribution in [1.82, 2.24) is 9.62 Å². The van der Waals surface area contributed by atoms with Gasteiger partial charge in [0.05, 0.1) is 3.79 Å². The molecule has 0 amide bonds. The average molecular weight is 411 g/mol. The second-order valence-electron chi connectivity index (χ2n) is 5.54. The summed E-state index contributed by atoms with van der Waals surface area (Å²) in [5.74, 6) is 1.94. The van der Waals surface area contributed by atoms with Crippen molar-refractivity contribution in [3.05, 3.63) is 14.7 Å². The molecule has 1 aromatic rings. The fourth-order valence-electron chi connectivity index (χ4n) is 2.35. The Hall–Kier alpha value is 0.400. The molecule has 2 heterocycles. The number of thioether (sulfide) groups is 1. The number of rotatable bonds is 6. The summed E-state index contributed by atoms with van der Waals surface area (Å²) in [7, 11) is -1.69. The second kappa shape index (κ2) is 6.49. The highest BCUT2D eigenvalue weighted by Gasteiger charge is 2.32. The van der Waals surface area contributed by atoms with Gasteiger partial charge in [0.25, 0.3) is 0 Å². The van der Waals surface area contributed by atoms with Crippen LogP contribution in [0, 0.1) is 0 Å². The minimum Gasteiger partial charge on any atom is -0.309 e. The number of sulfonamides is 1. The van der Waals surface area contributed by atoms with Gasteiger partial charge < -0.3 is 5.32 Å². The van der Waals surface area contributed by atoms with Gasteiger partial charge in [-0.1, -0.05) is 0 Å². The number of thiophene rings is 1. The highest BCUT2D eigenvalue weighted by molar-refractivity contribution is 9.11. The topological polar surface area (TPSA) is 49.4 Å². The van der Waals surface area contributed by atoms with E-state index in [0.29, 0.717) is 14.7 Å². The van der Waals surface area contributed by atoms with Gasteiger partial charge in [-0.3, -0.25) is 0 Å². The molecule has 1 unspecified atom stereocenters. The first-order valence-corrected chi connectivity index (χ1v) is 11.3.